The molecule has 0 saturated carbocycles. The number of benzene rings is 3. The van der Waals surface area contributed by atoms with Crippen LogP contribution in [0.2, 0.25) is 0 Å². The van der Waals surface area contributed by atoms with Gasteiger partial charge in [0.05, 0.1) is 7.11 Å². The van der Waals surface area contributed by atoms with Crippen LogP contribution in [-0.2, 0) is 29.0 Å². The van der Waals surface area contributed by atoms with Gasteiger partial charge < -0.3 is 14.4 Å². The molecule has 0 aromatic heterocycles. The van der Waals surface area contributed by atoms with E-state index in [-0.39, 0.29) is 22.4 Å². The maximum absolute atomic E-state index is 14.4. The van der Waals surface area contributed by atoms with Crippen molar-refractivity contribution in [1.29, 1.82) is 0 Å². The smallest absolute Gasteiger partial charge is 0.165 e. The van der Waals surface area contributed by atoms with E-state index in [4.69, 9.17) is 9.47 Å². The Bertz CT molecular complexity index is 1690. The lowest BCUT2D eigenvalue weighted by Gasteiger charge is -2.49. The van der Waals surface area contributed by atoms with Gasteiger partial charge in [0.15, 0.2) is 23.1 Å². The first kappa shape index (κ1) is 32.6. The molecular formula is C42H47NO4. The molecule has 6 rings (SSSR count). The number of carbonyl (C=O) groups excluding carboxylic acids is 2. The van der Waals surface area contributed by atoms with Crippen molar-refractivity contribution in [2.24, 2.45) is 10.8 Å². The molecule has 244 valence electrons. The molecule has 0 amide bonds. The van der Waals surface area contributed by atoms with Crippen molar-refractivity contribution < 1.29 is 19.1 Å². The Morgan fingerprint density at radius 2 is 1.36 bits per heavy atom. The van der Waals surface area contributed by atoms with Crippen molar-refractivity contribution in [1.82, 2.24) is 4.90 Å². The van der Waals surface area contributed by atoms with Crippen molar-refractivity contribution in [3.63, 3.8) is 0 Å². The zero-order chi connectivity index (χ0) is 33.3. The van der Waals surface area contributed by atoms with Gasteiger partial charge in [0.25, 0.3) is 0 Å². The number of carbonyl (C=O) groups is 2. The van der Waals surface area contributed by atoms with Crippen molar-refractivity contribution >= 4 is 11.6 Å². The second-order valence-electron chi connectivity index (χ2n) is 14.9. The molecule has 0 bridgehead atoms. The number of hydrogen-bond acceptors (Lipinski definition) is 5. The molecule has 3 aliphatic rings. The van der Waals surface area contributed by atoms with E-state index in [1.54, 1.807) is 7.11 Å². The molecule has 1 heterocycles. The van der Waals surface area contributed by atoms with Gasteiger partial charge in [-0.15, -0.1) is 6.58 Å². The number of rotatable bonds is 10. The molecule has 0 atom stereocenters. The minimum atomic E-state index is -0.458. The van der Waals surface area contributed by atoms with Crippen LogP contribution in [0.3, 0.4) is 0 Å². The topological polar surface area (TPSA) is 55.8 Å². The monoisotopic (exact) mass is 629 g/mol. The van der Waals surface area contributed by atoms with Gasteiger partial charge >= 0.3 is 0 Å². The van der Waals surface area contributed by atoms with Gasteiger partial charge in [-0.1, -0.05) is 101 Å². The Kier molecular flexibility index (Phi) is 9.02. The Balaban J connectivity index is 1.52. The fourth-order valence-corrected chi connectivity index (χ4v) is 7.74. The standard InChI is InChI=1S/C42H47NO4/c1-7-14-30-21-31(22-36(46-6)40(30)47-27-29-17-12-9-13-18-29)37-38-32(23-41(2,3)25-34(38)44)43(20-19-28-15-10-8-11-16-28)33-24-42(4,5)26-35(45)39(33)37/h7-13,15-18,21-22,37H,1,14,19-20,23-27H2,2-6H3. The fourth-order valence-electron chi connectivity index (χ4n) is 7.74. The highest BCUT2D eigenvalue weighted by atomic mass is 16.5. The SMILES string of the molecule is C=CCc1cc(C2C3=C(CC(C)(C)CC3=O)N(CCc3ccccc3)C3=C2C(=O)CC(C)(C)C3)cc(OC)c1OCc1ccccc1. The van der Waals surface area contributed by atoms with Crippen LogP contribution in [0.4, 0.5) is 0 Å². The van der Waals surface area contributed by atoms with Gasteiger partial charge in [-0.3, -0.25) is 9.59 Å². The summed E-state index contributed by atoms with van der Waals surface area (Å²) in [4.78, 5) is 31.1. The van der Waals surface area contributed by atoms with Gasteiger partial charge in [-0.05, 0) is 59.3 Å². The highest BCUT2D eigenvalue weighted by Gasteiger charge is 2.49. The summed E-state index contributed by atoms with van der Waals surface area (Å²) in [6, 6.07) is 24.6. The second kappa shape index (κ2) is 13.0. The first-order valence-corrected chi connectivity index (χ1v) is 16.8. The predicted octanol–water partition coefficient (Wildman–Crippen LogP) is 8.93. The maximum atomic E-state index is 14.4. The summed E-state index contributed by atoms with van der Waals surface area (Å²) in [6.45, 7) is 13.9. The van der Waals surface area contributed by atoms with E-state index < -0.39 is 5.92 Å². The minimum absolute atomic E-state index is 0.129. The largest absolute Gasteiger partial charge is 0.493 e. The summed E-state index contributed by atoms with van der Waals surface area (Å²) >= 11 is 0. The summed E-state index contributed by atoms with van der Waals surface area (Å²) in [5.41, 5.74) is 7.45. The molecule has 1 aliphatic heterocycles. The van der Waals surface area contributed by atoms with E-state index >= 15 is 0 Å². The normalized spacial score (nSPS) is 19.0. The van der Waals surface area contributed by atoms with E-state index in [0.29, 0.717) is 37.4 Å². The van der Waals surface area contributed by atoms with E-state index in [9.17, 15) is 9.59 Å². The molecule has 0 N–H and O–H groups in total. The molecule has 0 saturated heterocycles. The van der Waals surface area contributed by atoms with Crippen LogP contribution in [0.25, 0.3) is 0 Å². The van der Waals surface area contributed by atoms with Crippen LogP contribution in [0.5, 0.6) is 11.5 Å². The molecule has 5 heteroatoms. The Morgan fingerprint density at radius 3 is 1.89 bits per heavy atom. The van der Waals surface area contributed by atoms with E-state index in [0.717, 1.165) is 65.0 Å². The molecule has 2 aliphatic carbocycles. The molecule has 3 aromatic carbocycles. The van der Waals surface area contributed by atoms with Crippen LogP contribution in [0, 0.1) is 10.8 Å². The number of ether oxygens (including phenoxy) is 2. The van der Waals surface area contributed by atoms with E-state index in [1.807, 2.05) is 48.5 Å². The summed E-state index contributed by atoms with van der Waals surface area (Å²) in [7, 11) is 1.65. The molecule has 47 heavy (non-hydrogen) atoms. The molecule has 0 radical (unpaired) electrons. The van der Waals surface area contributed by atoms with Gasteiger partial charge in [-0.2, -0.15) is 0 Å². The third-order valence-electron chi connectivity index (χ3n) is 9.79. The number of methoxy groups -OCH3 is 1. The Morgan fingerprint density at radius 1 is 0.809 bits per heavy atom. The van der Waals surface area contributed by atoms with Crippen LogP contribution in [0.15, 0.2) is 108 Å². The van der Waals surface area contributed by atoms with Crippen LogP contribution < -0.4 is 9.47 Å². The Hall–Kier alpha value is -4.38. The summed E-state index contributed by atoms with van der Waals surface area (Å²) < 4.78 is 12.4. The lowest BCUT2D eigenvalue weighted by atomic mass is 9.63. The maximum Gasteiger partial charge on any atom is 0.165 e. The van der Waals surface area contributed by atoms with Gasteiger partial charge in [0, 0.05) is 53.4 Å². The number of ketones is 2. The molecule has 3 aromatic rings. The second-order valence-corrected chi connectivity index (χ2v) is 14.9. The summed E-state index contributed by atoms with van der Waals surface area (Å²) in [6.07, 6.45) is 5.70. The van der Waals surface area contributed by atoms with Crippen LogP contribution in [0.1, 0.15) is 81.5 Å². The summed E-state index contributed by atoms with van der Waals surface area (Å²) in [5, 5.41) is 0. The minimum Gasteiger partial charge on any atom is -0.493 e. The van der Waals surface area contributed by atoms with E-state index in [2.05, 4.69) is 69.5 Å². The first-order chi connectivity index (χ1) is 22.5. The lowest BCUT2D eigenvalue weighted by Crippen LogP contribution is -2.45. The number of nitrogens with zero attached hydrogens (tertiary/aromatic N) is 1. The average Bonchev–Trinajstić information content (AvgIpc) is 3.02. The molecule has 0 spiro atoms. The van der Waals surface area contributed by atoms with Crippen molar-refractivity contribution in [2.45, 2.75) is 78.7 Å². The average molecular weight is 630 g/mol. The van der Waals surface area contributed by atoms with E-state index in [1.165, 1.54) is 5.56 Å². The predicted molar refractivity (Wildman–Crippen MR) is 187 cm³/mol. The zero-order valence-corrected chi connectivity index (χ0v) is 28.5. The van der Waals surface area contributed by atoms with Crippen molar-refractivity contribution in [2.75, 3.05) is 13.7 Å². The molecule has 5 nitrogen and oxygen atoms in total. The Labute approximate surface area is 280 Å². The number of hydrogen-bond donors (Lipinski definition) is 0. The van der Waals surface area contributed by atoms with Gasteiger partial charge in [0.2, 0.25) is 0 Å². The van der Waals surface area contributed by atoms with Crippen LogP contribution >= 0.6 is 0 Å². The van der Waals surface area contributed by atoms with Crippen molar-refractivity contribution in [3.8, 4) is 11.5 Å². The van der Waals surface area contributed by atoms with Gasteiger partial charge in [0.1, 0.15) is 6.61 Å². The molecular weight excluding hydrogens is 582 g/mol. The third kappa shape index (κ3) is 6.72. The number of allylic oxidation sites excluding steroid dienone is 5. The highest BCUT2D eigenvalue weighted by Crippen LogP contribution is 2.55. The first-order valence-electron chi connectivity index (χ1n) is 16.8. The fraction of sp³-hybridized carbons (Fsp3) is 0.381. The summed E-state index contributed by atoms with van der Waals surface area (Å²) in [5.74, 6) is 1.06. The van der Waals surface area contributed by atoms with Gasteiger partial charge in [-0.25, -0.2) is 0 Å². The van der Waals surface area contributed by atoms with Crippen LogP contribution in [-0.4, -0.2) is 30.1 Å². The lowest BCUT2D eigenvalue weighted by molar-refractivity contribution is -0.119. The molecule has 0 fully saturated rings. The highest BCUT2D eigenvalue weighted by molar-refractivity contribution is 6.06. The molecule has 0 unspecified atom stereocenters. The zero-order valence-electron chi connectivity index (χ0n) is 28.5. The van der Waals surface area contributed by atoms with Crippen molar-refractivity contribution in [3.05, 3.63) is 130 Å². The number of Topliss-reactive ketones (excluding diaryl/α,β-unsaturated/α-hetero) is 2. The quantitative estimate of drug-likeness (QED) is 0.210. The third-order valence-corrected chi connectivity index (χ3v) is 9.79.